The molecule has 0 bridgehead atoms. The minimum absolute atomic E-state index is 0.197. The molecule has 1 heterocycles. The Bertz CT molecular complexity index is 445. The van der Waals surface area contributed by atoms with E-state index in [9.17, 15) is 4.79 Å². The third kappa shape index (κ3) is 3.06. The van der Waals surface area contributed by atoms with E-state index in [1.54, 1.807) is 6.26 Å². The van der Waals surface area contributed by atoms with E-state index in [0.29, 0.717) is 13.1 Å². The van der Waals surface area contributed by atoms with Crippen molar-refractivity contribution in [2.45, 2.75) is 52.0 Å². The van der Waals surface area contributed by atoms with Crippen molar-refractivity contribution in [2.24, 2.45) is 11.1 Å². The normalized spacial score (nSPS) is 18.6. The Kier molecular flexibility index (Phi) is 4.86. The van der Waals surface area contributed by atoms with Gasteiger partial charge in [0.2, 0.25) is 5.91 Å². The van der Waals surface area contributed by atoms with Gasteiger partial charge in [-0.15, -0.1) is 0 Å². The van der Waals surface area contributed by atoms with Gasteiger partial charge < -0.3 is 15.1 Å². The largest absolute Gasteiger partial charge is 0.469 e. The third-order valence-electron chi connectivity index (χ3n) is 4.63. The quantitative estimate of drug-likeness (QED) is 0.862. The number of carbonyl (C=O) groups is 1. The lowest BCUT2D eigenvalue weighted by Gasteiger charge is -2.34. The summed E-state index contributed by atoms with van der Waals surface area (Å²) in [6, 6.07) is 1.93. The summed E-state index contributed by atoms with van der Waals surface area (Å²) in [5.74, 6) is 1.08. The van der Waals surface area contributed by atoms with Crippen molar-refractivity contribution < 1.29 is 9.21 Å². The van der Waals surface area contributed by atoms with Crippen LogP contribution in [0, 0.1) is 12.3 Å². The molecule has 4 heteroatoms. The van der Waals surface area contributed by atoms with Crippen molar-refractivity contribution in [3.63, 3.8) is 0 Å². The highest BCUT2D eigenvalue weighted by Crippen LogP contribution is 2.36. The van der Waals surface area contributed by atoms with Crippen LogP contribution < -0.4 is 5.73 Å². The van der Waals surface area contributed by atoms with Crippen molar-refractivity contribution in [2.75, 3.05) is 13.6 Å². The molecule has 1 aliphatic carbocycles. The van der Waals surface area contributed by atoms with Gasteiger partial charge in [0.25, 0.3) is 0 Å². The molecule has 1 fully saturated rings. The molecule has 4 nitrogen and oxygen atoms in total. The van der Waals surface area contributed by atoms with Gasteiger partial charge in [-0.25, -0.2) is 0 Å². The Labute approximate surface area is 121 Å². The number of nitrogens with two attached hydrogens (primary N) is 1. The van der Waals surface area contributed by atoms with Crippen LogP contribution in [0.15, 0.2) is 16.7 Å². The molecule has 0 spiro atoms. The van der Waals surface area contributed by atoms with E-state index in [2.05, 4.69) is 0 Å². The third-order valence-corrected chi connectivity index (χ3v) is 4.63. The summed E-state index contributed by atoms with van der Waals surface area (Å²) in [4.78, 5) is 14.7. The molecule has 0 saturated heterocycles. The molecule has 112 valence electrons. The molecule has 1 amide bonds. The summed E-state index contributed by atoms with van der Waals surface area (Å²) in [6.45, 7) is 2.99. The van der Waals surface area contributed by atoms with Crippen LogP contribution in [0.5, 0.6) is 0 Å². The maximum absolute atomic E-state index is 12.9. The van der Waals surface area contributed by atoms with E-state index in [-0.39, 0.29) is 11.3 Å². The molecule has 2 N–H and O–H groups in total. The zero-order valence-corrected chi connectivity index (χ0v) is 12.7. The first kappa shape index (κ1) is 15.1. The number of rotatable bonds is 4. The molecule has 20 heavy (non-hydrogen) atoms. The van der Waals surface area contributed by atoms with Crippen LogP contribution in [0.25, 0.3) is 0 Å². The van der Waals surface area contributed by atoms with E-state index in [0.717, 1.165) is 37.0 Å². The van der Waals surface area contributed by atoms with Gasteiger partial charge in [0, 0.05) is 25.7 Å². The van der Waals surface area contributed by atoms with E-state index in [1.165, 1.54) is 12.8 Å². The molecular formula is C16H26N2O2. The van der Waals surface area contributed by atoms with Crippen molar-refractivity contribution in [1.29, 1.82) is 0 Å². The van der Waals surface area contributed by atoms with Gasteiger partial charge in [-0.05, 0) is 25.8 Å². The topological polar surface area (TPSA) is 59.5 Å². The van der Waals surface area contributed by atoms with E-state index in [1.807, 2.05) is 24.9 Å². The highest BCUT2D eigenvalue weighted by atomic mass is 16.3. The van der Waals surface area contributed by atoms with Crippen molar-refractivity contribution in [3.8, 4) is 0 Å². The molecule has 0 aliphatic heterocycles. The minimum Gasteiger partial charge on any atom is -0.469 e. The van der Waals surface area contributed by atoms with Gasteiger partial charge in [-0.1, -0.05) is 25.7 Å². The van der Waals surface area contributed by atoms with E-state index >= 15 is 0 Å². The number of nitrogens with zero attached hydrogens (tertiary/aromatic N) is 1. The zero-order valence-electron chi connectivity index (χ0n) is 12.7. The summed E-state index contributed by atoms with van der Waals surface area (Å²) >= 11 is 0. The van der Waals surface area contributed by atoms with E-state index < -0.39 is 0 Å². The molecule has 1 aromatic heterocycles. The highest BCUT2D eigenvalue weighted by molar-refractivity contribution is 5.82. The van der Waals surface area contributed by atoms with Crippen LogP contribution in [0.3, 0.4) is 0 Å². The Morgan fingerprint density at radius 3 is 2.50 bits per heavy atom. The zero-order chi connectivity index (χ0) is 14.6. The maximum atomic E-state index is 12.9. The fourth-order valence-corrected chi connectivity index (χ4v) is 3.22. The maximum Gasteiger partial charge on any atom is 0.230 e. The van der Waals surface area contributed by atoms with Crippen LogP contribution in [0.2, 0.25) is 0 Å². The van der Waals surface area contributed by atoms with Gasteiger partial charge in [-0.2, -0.15) is 0 Å². The molecule has 1 aliphatic rings. The first-order valence-electron chi connectivity index (χ1n) is 7.58. The molecule has 1 aromatic rings. The first-order valence-corrected chi connectivity index (χ1v) is 7.58. The molecule has 2 rings (SSSR count). The van der Waals surface area contributed by atoms with E-state index in [4.69, 9.17) is 10.2 Å². The fourth-order valence-electron chi connectivity index (χ4n) is 3.22. The Balaban J connectivity index is 2.09. The number of aryl methyl sites for hydroxylation is 1. The number of furan rings is 1. The van der Waals surface area contributed by atoms with Gasteiger partial charge in [0.1, 0.15) is 5.76 Å². The van der Waals surface area contributed by atoms with Crippen LogP contribution in [0.4, 0.5) is 0 Å². The molecule has 0 aromatic carbocycles. The Morgan fingerprint density at radius 1 is 1.35 bits per heavy atom. The smallest absolute Gasteiger partial charge is 0.230 e. The van der Waals surface area contributed by atoms with Crippen molar-refractivity contribution >= 4 is 5.91 Å². The van der Waals surface area contributed by atoms with Gasteiger partial charge in [0.15, 0.2) is 0 Å². The summed E-state index contributed by atoms with van der Waals surface area (Å²) in [5.41, 5.74) is 6.71. The average Bonchev–Trinajstić information content (AvgIpc) is 2.72. The lowest BCUT2D eigenvalue weighted by atomic mass is 9.79. The number of carbonyl (C=O) groups excluding carboxylic acids is 1. The summed E-state index contributed by atoms with van der Waals surface area (Å²) < 4.78 is 5.30. The van der Waals surface area contributed by atoms with Crippen LogP contribution in [0.1, 0.15) is 49.8 Å². The molecule has 0 atom stereocenters. The molecule has 0 unspecified atom stereocenters. The molecule has 1 saturated carbocycles. The Hall–Kier alpha value is -1.29. The lowest BCUT2D eigenvalue weighted by molar-refractivity contribution is -0.141. The second-order valence-corrected chi connectivity index (χ2v) is 6.06. The predicted octanol–water partition coefficient (Wildman–Crippen LogP) is 2.85. The van der Waals surface area contributed by atoms with Gasteiger partial charge >= 0.3 is 0 Å². The standard InChI is InChI=1S/C16H26N2O2/c1-13-14(7-10-20-13)11-18(2)15(19)16(12-17)8-5-3-4-6-9-16/h7,10H,3-6,8-9,11-12,17H2,1-2H3. The van der Waals surface area contributed by atoms with Crippen LogP contribution >= 0.6 is 0 Å². The monoisotopic (exact) mass is 278 g/mol. The van der Waals surface area contributed by atoms with Gasteiger partial charge in [0.05, 0.1) is 11.7 Å². The second kappa shape index (κ2) is 6.44. The predicted molar refractivity (Wildman–Crippen MR) is 79.1 cm³/mol. The van der Waals surface area contributed by atoms with Crippen molar-refractivity contribution in [1.82, 2.24) is 4.90 Å². The number of hydrogen-bond acceptors (Lipinski definition) is 3. The molecular weight excluding hydrogens is 252 g/mol. The number of amides is 1. The van der Waals surface area contributed by atoms with Crippen LogP contribution in [-0.4, -0.2) is 24.4 Å². The van der Waals surface area contributed by atoms with Gasteiger partial charge in [-0.3, -0.25) is 4.79 Å². The summed E-state index contributed by atoms with van der Waals surface area (Å²) in [7, 11) is 1.87. The SMILES string of the molecule is Cc1occc1CN(C)C(=O)C1(CN)CCCCCC1. The fraction of sp³-hybridized carbons (Fsp3) is 0.688. The second-order valence-electron chi connectivity index (χ2n) is 6.06. The highest BCUT2D eigenvalue weighted by Gasteiger charge is 2.39. The van der Waals surface area contributed by atoms with Crippen molar-refractivity contribution in [3.05, 3.63) is 23.7 Å². The summed E-state index contributed by atoms with van der Waals surface area (Å²) in [6.07, 6.45) is 8.20. The Morgan fingerprint density at radius 2 is 2.00 bits per heavy atom. The molecule has 0 radical (unpaired) electrons. The lowest BCUT2D eigenvalue weighted by Crippen LogP contribution is -2.46. The first-order chi connectivity index (χ1) is 9.59. The minimum atomic E-state index is -0.344. The number of hydrogen-bond donors (Lipinski definition) is 1. The van der Waals surface area contributed by atoms with Crippen LogP contribution in [-0.2, 0) is 11.3 Å². The summed E-state index contributed by atoms with van der Waals surface area (Å²) in [5, 5.41) is 0. The average molecular weight is 278 g/mol.